The van der Waals surface area contributed by atoms with E-state index in [0.29, 0.717) is 16.3 Å². The van der Waals surface area contributed by atoms with Gasteiger partial charge in [0.05, 0.1) is 17.3 Å². The topological polar surface area (TPSA) is 54.6 Å². The van der Waals surface area contributed by atoms with Crippen LogP contribution in [0.3, 0.4) is 0 Å². The van der Waals surface area contributed by atoms with Crippen LogP contribution in [0.2, 0.25) is 0 Å². The van der Waals surface area contributed by atoms with Crippen LogP contribution < -0.4 is 0 Å². The van der Waals surface area contributed by atoms with Gasteiger partial charge < -0.3 is 9.51 Å². The number of aromatic nitrogens is 2. The van der Waals surface area contributed by atoms with Crippen LogP contribution in [-0.2, 0) is 6.42 Å². The molecule has 1 saturated heterocycles. The van der Waals surface area contributed by atoms with Crippen LogP contribution in [0.4, 0.5) is 0 Å². The van der Waals surface area contributed by atoms with Gasteiger partial charge in [-0.1, -0.05) is 0 Å². The molecular weight excluding hydrogens is 248 g/mol. The van der Waals surface area contributed by atoms with Crippen molar-refractivity contribution in [2.24, 2.45) is 0 Å². The highest BCUT2D eigenvalue weighted by Crippen LogP contribution is 2.29. The third kappa shape index (κ3) is 1.99. The predicted molar refractivity (Wildman–Crippen MR) is 71.3 cm³/mol. The van der Waals surface area contributed by atoms with Crippen molar-refractivity contribution in [3.8, 4) is 0 Å². The number of carboxylic acids is 1. The molecule has 2 aromatic rings. The molecule has 3 rings (SSSR count). The lowest BCUT2D eigenvalue weighted by molar-refractivity contribution is 0.0698. The van der Waals surface area contributed by atoms with Gasteiger partial charge in [0.15, 0.2) is 0 Å². The second kappa shape index (κ2) is 4.65. The lowest BCUT2D eigenvalue weighted by atomic mass is 10.2. The molecule has 0 aromatic carbocycles. The predicted octanol–water partition coefficient (Wildman–Crippen LogP) is 2.47. The van der Waals surface area contributed by atoms with Crippen molar-refractivity contribution in [1.82, 2.24) is 9.38 Å². The van der Waals surface area contributed by atoms with E-state index in [0.717, 1.165) is 12.2 Å². The third-order valence-corrected chi connectivity index (χ3v) is 4.71. The molecule has 1 aliphatic rings. The maximum atomic E-state index is 11.1. The van der Waals surface area contributed by atoms with Crippen molar-refractivity contribution in [2.75, 3.05) is 5.75 Å². The van der Waals surface area contributed by atoms with Gasteiger partial charge in [-0.05, 0) is 30.7 Å². The quantitative estimate of drug-likeness (QED) is 0.923. The summed E-state index contributed by atoms with van der Waals surface area (Å²) in [6, 6.07) is 3.39. The lowest BCUT2D eigenvalue weighted by Crippen LogP contribution is -2.07. The van der Waals surface area contributed by atoms with E-state index < -0.39 is 5.97 Å². The van der Waals surface area contributed by atoms with E-state index in [9.17, 15) is 4.79 Å². The third-order valence-electron chi connectivity index (χ3n) is 3.31. The fourth-order valence-electron chi connectivity index (χ4n) is 2.42. The fraction of sp³-hybridized carbons (Fsp3) is 0.385. The number of hydrogen-bond acceptors (Lipinski definition) is 3. The number of thioether (sulfide) groups is 1. The SMILES string of the molecule is O=C(O)c1cccn2c(CC3CCCS3)ncc12. The summed E-state index contributed by atoms with van der Waals surface area (Å²) in [4.78, 5) is 15.5. The molecule has 1 fully saturated rings. The molecule has 0 amide bonds. The first-order chi connectivity index (χ1) is 8.75. The smallest absolute Gasteiger partial charge is 0.337 e. The average Bonchev–Trinajstić information content (AvgIpc) is 2.99. The number of imidazole rings is 1. The van der Waals surface area contributed by atoms with Gasteiger partial charge >= 0.3 is 5.97 Å². The van der Waals surface area contributed by atoms with Crippen LogP contribution >= 0.6 is 11.8 Å². The normalized spacial score (nSPS) is 19.4. The van der Waals surface area contributed by atoms with Gasteiger partial charge in [0.2, 0.25) is 0 Å². The van der Waals surface area contributed by atoms with Crippen LogP contribution in [0.5, 0.6) is 0 Å². The van der Waals surface area contributed by atoms with E-state index in [2.05, 4.69) is 4.98 Å². The minimum atomic E-state index is -0.901. The van der Waals surface area contributed by atoms with Gasteiger partial charge in [-0.2, -0.15) is 11.8 Å². The highest BCUT2D eigenvalue weighted by Gasteiger charge is 2.19. The van der Waals surface area contributed by atoms with Crippen molar-refractivity contribution in [2.45, 2.75) is 24.5 Å². The minimum Gasteiger partial charge on any atom is -0.478 e. The van der Waals surface area contributed by atoms with Gasteiger partial charge in [-0.3, -0.25) is 0 Å². The molecule has 0 saturated carbocycles. The van der Waals surface area contributed by atoms with E-state index >= 15 is 0 Å². The van der Waals surface area contributed by atoms with Crippen molar-refractivity contribution < 1.29 is 9.90 Å². The van der Waals surface area contributed by atoms with Crippen molar-refractivity contribution in [3.05, 3.63) is 35.9 Å². The van der Waals surface area contributed by atoms with Crippen molar-refractivity contribution >= 4 is 23.2 Å². The first kappa shape index (κ1) is 11.6. The Kier molecular flexibility index (Phi) is 2.99. The summed E-state index contributed by atoms with van der Waals surface area (Å²) < 4.78 is 1.91. The van der Waals surface area contributed by atoms with Gasteiger partial charge in [0, 0.05) is 17.9 Å². The number of pyridine rings is 1. The summed E-state index contributed by atoms with van der Waals surface area (Å²) >= 11 is 1.99. The number of hydrogen-bond donors (Lipinski definition) is 1. The Balaban J connectivity index is 1.98. The maximum Gasteiger partial charge on any atom is 0.337 e. The number of nitrogens with zero attached hydrogens (tertiary/aromatic N) is 2. The zero-order chi connectivity index (χ0) is 12.5. The monoisotopic (exact) mass is 262 g/mol. The van der Waals surface area contributed by atoms with Crippen LogP contribution in [0, 0.1) is 0 Å². The number of aromatic carboxylic acids is 1. The zero-order valence-electron chi connectivity index (χ0n) is 9.87. The molecule has 0 bridgehead atoms. The van der Waals surface area contributed by atoms with Gasteiger partial charge in [0.25, 0.3) is 0 Å². The number of carbonyl (C=O) groups is 1. The lowest BCUT2D eigenvalue weighted by Gasteiger charge is -2.07. The Morgan fingerprint density at radius 2 is 2.50 bits per heavy atom. The fourth-order valence-corrected chi connectivity index (χ4v) is 3.68. The molecule has 94 valence electrons. The molecule has 0 radical (unpaired) electrons. The second-order valence-electron chi connectivity index (χ2n) is 4.50. The molecule has 0 spiro atoms. The Hall–Kier alpha value is -1.49. The highest BCUT2D eigenvalue weighted by molar-refractivity contribution is 8.00. The zero-order valence-corrected chi connectivity index (χ0v) is 10.7. The summed E-state index contributed by atoms with van der Waals surface area (Å²) in [6.45, 7) is 0. The molecule has 18 heavy (non-hydrogen) atoms. The molecule has 1 unspecified atom stereocenters. The Morgan fingerprint density at radius 1 is 1.61 bits per heavy atom. The molecule has 3 heterocycles. The molecule has 1 aliphatic heterocycles. The molecule has 5 heteroatoms. The van der Waals surface area contributed by atoms with Gasteiger partial charge in [-0.25, -0.2) is 9.78 Å². The largest absolute Gasteiger partial charge is 0.478 e. The van der Waals surface area contributed by atoms with Crippen LogP contribution in [0.1, 0.15) is 29.0 Å². The summed E-state index contributed by atoms with van der Waals surface area (Å²) in [5.41, 5.74) is 0.998. The standard InChI is InChI=1S/C13H14N2O2S/c16-13(17)10-4-1-5-15-11(10)8-14-12(15)7-9-3-2-6-18-9/h1,4-5,8-9H,2-3,6-7H2,(H,16,17). The van der Waals surface area contributed by atoms with Crippen molar-refractivity contribution in [1.29, 1.82) is 0 Å². The Bertz CT molecular complexity index is 588. The van der Waals surface area contributed by atoms with E-state index in [4.69, 9.17) is 5.11 Å². The first-order valence-corrected chi connectivity index (χ1v) is 7.10. The molecular formula is C13H14N2O2S. The Morgan fingerprint density at radius 3 is 3.22 bits per heavy atom. The maximum absolute atomic E-state index is 11.1. The Labute approximate surface area is 109 Å². The summed E-state index contributed by atoms with van der Waals surface area (Å²) in [5, 5.41) is 9.76. The molecule has 1 N–H and O–H groups in total. The number of fused-ring (bicyclic) bond motifs is 1. The van der Waals surface area contributed by atoms with Crippen LogP contribution in [-0.4, -0.2) is 31.5 Å². The highest BCUT2D eigenvalue weighted by atomic mass is 32.2. The van der Waals surface area contributed by atoms with E-state index in [1.165, 1.54) is 18.6 Å². The average molecular weight is 262 g/mol. The number of carboxylic acid groups (broad SMARTS) is 1. The van der Waals surface area contributed by atoms with Crippen molar-refractivity contribution in [3.63, 3.8) is 0 Å². The summed E-state index contributed by atoms with van der Waals surface area (Å²) in [5.74, 6) is 1.30. The molecule has 2 aromatic heterocycles. The summed E-state index contributed by atoms with van der Waals surface area (Å²) in [7, 11) is 0. The van der Waals surface area contributed by atoms with E-state index in [-0.39, 0.29) is 0 Å². The first-order valence-electron chi connectivity index (χ1n) is 6.05. The minimum absolute atomic E-state index is 0.315. The van der Waals surface area contributed by atoms with Crippen LogP contribution in [0.15, 0.2) is 24.5 Å². The second-order valence-corrected chi connectivity index (χ2v) is 5.90. The molecule has 1 atom stereocenters. The van der Waals surface area contributed by atoms with E-state index in [1.54, 1.807) is 18.3 Å². The number of rotatable bonds is 3. The van der Waals surface area contributed by atoms with E-state index in [1.807, 2.05) is 22.4 Å². The molecule has 0 aliphatic carbocycles. The van der Waals surface area contributed by atoms with Gasteiger partial charge in [-0.15, -0.1) is 0 Å². The summed E-state index contributed by atoms with van der Waals surface area (Å²) in [6.07, 6.45) is 6.99. The van der Waals surface area contributed by atoms with Gasteiger partial charge in [0.1, 0.15) is 5.82 Å². The molecule has 4 nitrogen and oxygen atoms in total. The van der Waals surface area contributed by atoms with Crippen LogP contribution in [0.25, 0.3) is 5.52 Å².